The molecule has 3 N–H and O–H groups in total. The maximum atomic E-state index is 11.6. The largest absolute Gasteiger partial charge is 0.493 e. The fourth-order valence-corrected chi connectivity index (χ4v) is 1.77. The Bertz CT molecular complexity index is 487. The van der Waals surface area contributed by atoms with E-state index in [-0.39, 0.29) is 6.42 Å². The van der Waals surface area contributed by atoms with Crippen LogP contribution in [0.4, 0.5) is 0 Å². The van der Waals surface area contributed by atoms with E-state index in [1.807, 2.05) is 31.2 Å². The van der Waals surface area contributed by atoms with Gasteiger partial charge in [-0.2, -0.15) is 0 Å². The van der Waals surface area contributed by atoms with Gasteiger partial charge in [0, 0.05) is 6.42 Å². The van der Waals surface area contributed by atoms with Crippen LogP contribution in [0.2, 0.25) is 0 Å². The minimum absolute atomic E-state index is 0.141. The van der Waals surface area contributed by atoms with Crippen LogP contribution in [-0.2, 0) is 9.59 Å². The maximum Gasteiger partial charge on any atom is 0.328 e. The standard InChI is InChI=1S/C15H21NO5/c1-10-6-3-4-7-12(10)21-9-5-8-13(18)16-14(11(2)17)15(19)20/h3-4,6-7,11,14,17H,5,8-9H2,1-2H3,(H,16,18)(H,19,20). The second kappa shape index (κ2) is 8.26. The van der Waals surface area contributed by atoms with Crippen molar-refractivity contribution in [3.8, 4) is 5.75 Å². The zero-order valence-electron chi connectivity index (χ0n) is 12.2. The number of hydrogen-bond donors (Lipinski definition) is 3. The van der Waals surface area contributed by atoms with Gasteiger partial charge in [-0.1, -0.05) is 18.2 Å². The number of aliphatic hydroxyl groups is 1. The minimum Gasteiger partial charge on any atom is -0.493 e. The van der Waals surface area contributed by atoms with Gasteiger partial charge in [-0.05, 0) is 31.9 Å². The van der Waals surface area contributed by atoms with E-state index in [1.54, 1.807) is 0 Å². The Hall–Kier alpha value is -2.08. The van der Waals surface area contributed by atoms with Crippen molar-refractivity contribution in [2.75, 3.05) is 6.61 Å². The Kier molecular flexibility index (Phi) is 6.68. The highest BCUT2D eigenvalue weighted by atomic mass is 16.5. The lowest BCUT2D eigenvalue weighted by atomic mass is 10.1. The van der Waals surface area contributed by atoms with E-state index in [4.69, 9.17) is 9.84 Å². The lowest BCUT2D eigenvalue weighted by molar-refractivity contribution is -0.144. The summed E-state index contributed by atoms with van der Waals surface area (Å²) in [6.45, 7) is 3.62. The Morgan fingerprint density at radius 3 is 2.57 bits per heavy atom. The van der Waals surface area contributed by atoms with Crippen molar-refractivity contribution in [1.29, 1.82) is 0 Å². The lowest BCUT2D eigenvalue weighted by Crippen LogP contribution is -2.47. The first-order valence-electron chi connectivity index (χ1n) is 6.80. The van der Waals surface area contributed by atoms with Crippen molar-refractivity contribution in [3.63, 3.8) is 0 Å². The minimum atomic E-state index is -1.28. The molecule has 0 aliphatic rings. The van der Waals surface area contributed by atoms with E-state index >= 15 is 0 Å². The molecule has 0 fully saturated rings. The van der Waals surface area contributed by atoms with Crippen LogP contribution >= 0.6 is 0 Å². The van der Waals surface area contributed by atoms with E-state index in [0.29, 0.717) is 13.0 Å². The first kappa shape index (κ1) is 17.0. The van der Waals surface area contributed by atoms with Gasteiger partial charge in [0.2, 0.25) is 5.91 Å². The summed E-state index contributed by atoms with van der Waals surface area (Å²) in [4.78, 5) is 22.4. The van der Waals surface area contributed by atoms with Crippen LogP contribution < -0.4 is 10.1 Å². The zero-order chi connectivity index (χ0) is 15.8. The number of carboxylic acids is 1. The van der Waals surface area contributed by atoms with Crippen LogP contribution in [0.25, 0.3) is 0 Å². The predicted molar refractivity (Wildman–Crippen MR) is 77.2 cm³/mol. The van der Waals surface area contributed by atoms with Gasteiger partial charge >= 0.3 is 5.97 Å². The normalized spacial score (nSPS) is 13.3. The van der Waals surface area contributed by atoms with Crippen LogP contribution in [0, 0.1) is 6.92 Å². The summed E-state index contributed by atoms with van der Waals surface area (Å²) >= 11 is 0. The third-order valence-electron chi connectivity index (χ3n) is 2.96. The van der Waals surface area contributed by atoms with E-state index in [1.165, 1.54) is 6.92 Å². The number of para-hydroxylation sites is 1. The molecule has 6 heteroatoms. The molecule has 0 aliphatic heterocycles. The monoisotopic (exact) mass is 295 g/mol. The number of nitrogens with one attached hydrogen (secondary N) is 1. The van der Waals surface area contributed by atoms with E-state index < -0.39 is 24.0 Å². The molecule has 1 aromatic carbocycles. The van der Waals surface area contributed by atoms with Gasteiger partial charge in [0.25, 0.3) is 0 Å². The first-order chi connectivity index (χ1) is 9.91. The molecule has 2 atom stereocenters. The SMILES string of the molecule is Cc1ccccc1OCCCC(=O)NC(C(=O)O)C(C)O. The zero-order valence-corrected chi connectivity index (χ0v) is 12.2. The van der Waals surface area contributed by atoms with E-state index in [9.17, 15) is 14.7 Å². The summed E-state index contributed by atoms with van der Waals surface area (Å²) in [5.41, 5.74) is 1.02. The van der Waals surface area contributed by atoms with Gasteiger partial charge in [-0.25, -0.2) is 4.79 Å². The maximum absolute atomic E-state index is 11.6. The van der Waals surface area contributed by atoms with E-state index in [0.717, 1.165) is 11.3 Å². The highest BCUT2D eigenvalue weighted by Crippen LogP contribution is 2.16. The topological polar surface area (TPSA) is 95.9 Å². The van der Waals surface area contributed by atoms with Gasteiger partial charge in [-0.15, -0.1) is 0 Å². The number of carboxylic acid groups (broad SMARTS) is 1. The van der Waals surface area contributed by atoms with Gasteiger partial charge < -0.3 is 20.3 Å². The van der Waals surface area contributed by atoms with Crippen molar-refractivity contribution in [1.82, 2.24) is 5.32 Å². The molecule has 0 spiro atoms. The fraction of sp³-hybridized carbons (Fsp3) is 0.467. The molecule has 6 nitrogen and oxygen atoms in total. The average Bonchev–Trinajstić information content (AvgIpc) is 2.42. The van der Waals surface area contributed by atoms with Gasteiger partial charge in [0.15, 0.2) is 6.04 Å². The molecule has 21 heavy (non-hydrogen) atoms. The van der Waals surface area contributed by atoms with Crippen LogP contribution in [0.3, 0.4) is 0 Å². The number of ether oxygens (including phenoxy) is 1. The van der Waals surface area contributed by atoms with Crippen LogP contribution in [0.15, 0.2) is 24.3 Å². The Morgan fingerprint density at radius 1 is 1.33 bits per heavy atom. The number of rotatable bonds is 8. The molecule has 1 rings (SSSR count). The smallest absolute Gasteiger partial charge is 0.328 e. The molecule has 1 aromatic rings. The second-order valence-corrected chi connectivity index (χ2v) is 4.84. The van der Waals surface area contributed by atoms with Gasteiger partial charge in [0.1, 0.15) is 5.75 Å². The summed E-state index contributed by atoms with van der Waals surface area (Å²) in [7, 11) is 0. The Balaban J connectivity index is 2.31. The molecule has 0 heterocycles. The molecular formula is C15H21NO5. The number of carbonyl (C=O) groups is 2. The fourth-order valence-electron chi connectivity index (χ4n) is 1.77. The Labute approximate surface area is 123 Å². The molecule has 116 valence electrons. The van der Waals surface area contributed by atoms with Crippen LogP contribution in [0.1, 0.15) is 25.3 Å². The predicted octanol–water partition coefficient (Wildman–Crippen LogP) is 1.10. The molecule has 0 saturated heterocycles. The summed E-state index contributed by atoms with van der Waals surface area (Å²) < 4.78 is 5.54. The molecule has 0 radical (unpaired) electrons. The van der Waals surface area contributed by atoms with Crippen molar-refractivity contribution in [2.24, 2.45) is 0 Å². The molecule has 1 amide bonds. The van der Waals surface area contributed by atoms with Gasteiger partial charge in [0.05, 0.1) is 12.7 Å². The summed E-state index contributed by atoms with van der Waals surface area (Å²) in [5.74, 6) is -0.906. The Morgan fingerprint density at radius 2 is 2.00 bits per heavy atom. The quantitative estimate of drug-likeness (QED) is 0.624. The first-order valence-corrected chi connectivity index (χ1v) is 6.80. The number of aryl methyl sites for hydroxylation is 1. The van der Waals surface area contributed by atoms with Crippen LogP contribution in [0.5, 0.6) is 5.75 Å². The lowest BCUT2D eigenvalue weighted by Gasteiger charge is -2.17. The molecular weight excluding hydrogens is 274 g/mol. The number of hydrogen-bond acceptors (Lipinski definition) is 4. The van der Waals surface area contributed by atoms with E-state index in [2.05, 4.69) is 5.32 Å². The molecule has 2 unspecified atom stereocenters. The average molecular weight is 295 g/mol. The summed E-state index contributed by atoms with van der Waals surface area (Å²) in [6.07, 6.45) is -0.538. The number of aliphatic hydroxyl groups excluding tert-OH is 1. The summed E-state index contributed by atoms with van der Waals surface area (Å²) in [5, 5.41) is 20.4. The number of carbonyl (C=O) groups excluding carboxylic acids is 1. The molecule has 0 saturated carbocycles. The van der Waals surface area contributed by atoms with Crippen LogP contribution in [-0.4, -0.2) is 40.8 Å². The highest BCUT2D eigenvalue weighted by molar-refractivity contribution is 5.83. The van der Waals surface area contributed by atoms with Crippen molar-refractivity contribution >= 4 is 11.9 Å². The van der Waals surface area contributed by atoms with Crippen molar-refractivity contribution in [3.05, 3.63) is 29.8 Å². The molecule has 0 aromatic heterocycles. The molecule has 0 aliphatic carbocycles. The third kappa shape index (κ3) is 5.83. The second-order valence-electron chi connectivity index (χ2n) is 4.84. The number of benzene rings is 1. The highest BCUT2D eigenvalue weighted by Gasteiger charge is 2.24. The number of aliphatic carboxylic acids is 1. The number of amides is 1. The third-order valence-corrected chi connectivity index (χ3v) is 2.96. The van der Waals surface area contributed by atoms with Crippen molar-refractivity contribution < 1.29 is 24.5 Å². The van der Waals surface area contributed by atoms with Crippen molar-refractivity contribution in [2.45, 2.75) is 38.8 Å². The summed E-state index contributed by atoms with van der Waals surface area (Å²) in [6, 6.07) is 6.29. The van der Waals surface area contributed by atoms with Gasteiger partial charge in [-0.3, -0.25) is 4.79 Å². The molecule has 0 bridgehead atoms.